The number of hydrogen-bond donors (Lipinski definition) is 3. The molecule has 6 nitrogen and oxygen atoms in total. The van der Waals surface area contributed by atoms with E-state index in [1.165, 1.54) is 7.11 Å². The molecule has 0 fully saturated rings. The highest BCUT2D eigenvalue weighted by Crippen LogP contribution is 2.10. The molecule has 0 saturated heterocycles. The van der Waals surface area contributed by atoms with Crippen LogP contribution in [-0.4, -0.2) is 41.8 Å². The summed E-state index contributed by atoms with van der Waals surface area (Å²) < 4.78 is 4.68. The van der Waals surface area contributed by atoms with Crippen molar-refractivity contribution >= 4 is 11.9 Å². The second kappa shape index (κ2) is 8.89. The average molecular weight is 342 g/mol. The molecule has 0 aliphatic carbocycles. The van der Waals surface area contributed by atoms with E-state index >= 15 is 0 Å². The number of rotatable bonds is 4. The Bertz CT molecular complexity index is 738. The number of carbonyl (C=O) groups excluding carboxylic acids is 2. The first kappa shape index (κ1) is 20.2. The molecule has 0 saturated carbocycles. The summed E-state index contributed by atoms with van der Waals surface area (Å²) >= 11 is 0. The second-order valence-corrected chi connectivity index (χ2v) is 6.02. The molecule has 0 spiro atoms. The number of nitrogens with two attached hydrogens (primary N) is 1. The molecule has 0 unspecified atom stereocenters. The Labute approximate surface area is 147 Å². The van der Waals surface area contributed by atoms with Crippen LogP contribution in [0.5, 0.6) is 0 Å². The van der Waals surface area contributed by atoms with Crippen LogP contribution in [0.25, 0.3) is 0 Å². The van der Waals surface area contributed by atoms with Gasteiger partial charge in [-0.25, -0.2) is 4.79 Å². The van der Waals surface area contributed by atoms with E-state index in [2.05, 4.69) is 33.7 Å². The van der Waals surface area contributed by atoms with Gasteiger partial charge in [-0.2, -0.15) is 0 Å². The van der Waals surface area contributed by atoms with Crippen LogP contribution >= 0.6 is 0 Å². The molecule has 1 amide bonds. The quantitative estimate of drug-likeness (QED) is 0.544. The third kappa shape index (κ3) is 6.68. The molecule has 1 aromatic rings. The van der Waals surface area contributed by atoms with Crippen molar-refractivity contribution in [3.05, 3.63) is 35.4 Å². The Balaban J connectivity index is 2.86. The van der Waals surface area contributed by atoms with Crippen molar-refractivity contribution in [1.82, 2.24) is 5.32 Å². The summed E-state index contributed by atoms with van der Waals surface area (Å²) in [5.74, 6) is 9.39. The number of ether oxygens (including phenoxy) is 1. The van der Waals surface area contributed by atoms with E-state index in [-0.39, 0.29) is 0 Å². The first-order chi connectivity index (χ1) is 11.6. The predicted octanol–water partition coefficient (Wildman–Crippen LogP) is 0.431. The largest absolute Gasteiger partial charge is 0.467 e. The molecule has 0 radical (unpaired) electrons. The standard InChI is InChI=1S/C19H22N2O4/c1-13(22)7-5-6-8-14-9-11-15(12-10-14)17(23)21-16(18(24)25-4)19(2,3)20/h9-13,16,22H,20H2,1-4H3,(H,21,23)/t13-,16-/m1/s1. The van der Waals surface area contributed by atoms with Gasteiger partial charge in [-0.15, -0.1) is 0 Å². The normalized spacial score (nSPS) is 12.6. The summed E-state index contributed by atoms with van der Waals surface area (Å²) in [6.45, 7) is 4.80. The van der Waals surface area contributed by atoms with E-state index < -0.39 is 29.6 Å². The van der Waals surface area contributed by atoms with Gasteiger partial charge in [0.25, 0.3) is 5.91 Å². The number of esters is 1. The molecular formula is C19H22N2O4. The molecule has 1 rings (SSSR count). The van der Waals surface area contributed by atoms with Crippen LogP contribution in [0.4, 0.5) is 0 Å². The first-order valence-electron chi connectivity index (χ1n) is 7.62. The van der Waals surface area contributed by atoms with Gasteiger partial charge in [-0.3, -0.25) is 4.79 Å². The zero-order valence-electron chi connectivity index (χ0n) is 14.7. The van der Waals surface area contributed by atoms with Crippen LogP contribution in [0.3, 0.4) is 0 Å². The fourth-order valence-electron chi connectivity index (χ4n) is 1.83. The van der Waals surface area contributed by atoms with Gasteiger partial charge in [-0.05, 0) is 56.9 Å². The molecule has 0 aliphatic heterocycles. The van der Waals surface area contributed by atoms with Crippen LogP contribution < -0.4 is 11.1 Å². The highest BCUT2D eigenvalue weighted by atomic mass is 16.5. The summed E-state index contributed by atoms with van der Waals surface area (Å²) in [6, 6.07) is 5.51. The van der Waals surface area contributed by atoms with Crippen LogP contribution in [-0.2, 0) is 9.53 Å². The SMILES string of the molecule is COC(=O)[C@@H](NC(=O)c1ccc(C#CC#C[C@@H](C)O)cc1)C(C)(C)N. The van der Waals surface area contributed by atoms with Gasteiger partial charge in [0.15, 0.2) is 0 Å². The first-order valence-corrected chi connectivity index (χ1v) is 7.62. The lowest BCUT2D eigenvalue weighted by Crippen LogP contribution is -2.59. The number of aliphatic hydroxyl groups excluding tert-OH is 1. The van der Waals surface area contributed by atoms with Crippen LogP contribution in [0.1, 0.15) is 36.7 Å². The molecular weight excluding hydrogens is 320 g/mol. The maximum Gasteiger partial charge on any atom is 0.330 e. The highest BCUT2D eigenvalue weighted by molar-refractivity contribution is 5.97. The minimum atomic E-state index is -0.976. The van der Waals surface area contributed by atoms with E-state index in [0.717, 1.165) is 0 Å². The van der Waals surface area contributed by atoms with Crippen molar-refractivity contribution < 1.29 is 19.4 Å². The zero-order valence-corrected chi connectivity index (χ0v) is 14.7. The summed E-state index contributed by atoms with van der Waals surface area (Å²) in [7, 11) is 1.24. The lowest BCUT2D eigenvalue weighted by Gasteiger charge is -2.28. The van der Waals surface area contributed by atoms with Gasteiger partial charge in [0, 0.05) is 16.7 Å². The topological polar surface area (TPSA) is 102 Å². The second-order valence-electron chi connectivity index (χ2n) is 6.02. The lowest BCUT2D eigenvalue weighted by atomic mass is 9.95. The van der Waals surface area contributed by atoms with Gasteiger partial charge >= 0.3 is 5.97 Å². The predicted molar refractivity (Wildman–Crippen MR) is 94.3 cm³/mol. The molecule has 0 aliphatic rings. The number of aliphatic hydroxyl groups is 1. The van der Waals surface area contributed by atoms with E-state index in [0.29, 0.717) is 11.1 Å². The Kier molecular flexibility index (Phi) is 7.20. The number of nitrogens with one attached hydrogen (secondary N) is 1. The van der Waals surface area contributed by atoms with Gasteiger partial charge in [-0.1, -0.05) is 11.8 Å². The maximum atomic E-state index is 12.3. The number of carbonyl (C=O) groups is 2. The third-order valence-electron chi connectivity index (χ3n) is 3.15. The van der Waals surface area contributed by atoms with Gasteiger partial charge in [0.05, 0.1) is 7.11 Å². The smallest absolute Gasteiger partial charge is 0.330 e. The van der Waals surface area contributed by atoms with Crippen molar-refractivity contribution in [1.29, 1.82) is 0 Å². The Morgan fingerprint density at radius 3 is 2.32 bits per heavy atom. The molecule has 6 heteroatoms. The van der Waals surface area contributed by atoms with Crippen molar-refractivity contribution in [2.45, 2.75) is 38.5 Å². The highest BCUT2D eigenvalue weighted by Gasteiger charge is 2.34. The van der Waals surface area contributed by atoms with E-state index in [9.17, 15) is 9.59 Å². The summed E-state index contributed by atoms with van der Waals surface area (Å²) in [5.41, 5.74) is 5.98. The van der Waals surface area contributed by atoms with Crippen LogP contribution in [0, 0.1) is 23.7 Å². The van der Waals surface area contributed by atoms with E-state index in [4.69, 9.17) is 10.8 Å². The number of methoxy groups -OCH3 is 1. The van der Waals surface area contributed by atoms with E-state index in [1.54, 1.807) is 45.0 Å². The van der Waals surface area contributed by atoms with Crippen LogP contribution in [0.2, 0.25) is 0 Å². The molecule has 0 bridgehead atoms. The summed E-state index contributed by atoms with van der Waals surface area (Å²) in [6.07, 6.45) is -0.727. The zero-order chi connectivity index (χ0) is 19.0. The van der Waals surface area contributed by atoms with E-state index in [1.807, 2.05) is 0 Å². The molecule has 0 heterocycles. The molecule has 25 heavy (non-hydrogen) atoms. The minimum absolute atomic E-state index is 0.360. The lowest BCUT2D eigenvalue weighted by molar-refractivity contribution is -0.144. The molecule has 132 valence electrons. The number of benzene rings is 1. The summed E-state index contributed by atoms with van der Waals surface area (Å²) in [5, 5.41) is 11.6. The van der Waals surface area contributed by atoms with Crippen molar-refractivity contribution in [3.8, 4) is 23.7 Å². The fourth-order valence-corrected chi connectivity index (χ4v) is 1.83. The molecule has 0 aromatic heterocycles. The molecule has 1 aromatic carbocycles. The van der Waals surface area contributed by atoms with Gasteiger partial charge in [0.2, 0.25) is 0 Å². The van der Waals surface area contributed by atoms with Gasteiger partial charge in [0.1, 0.15) is 12.1 Å². The van der Waals surface area contributed by atoms with Crippen LogP contribution in [0.15, 0.2) is 24.3 Å². The van der Waals surface area contributed by atoms with Crippen molar-refractivity contribution in [2.75, 3.05) is 7.11 Å². The molecule has 2 atom stereocenters. The third-order valence-corrected chi connectivity index (χ3v) is 3.15. The summed E-state index contributed by atoms with van der Waals surface area (Å²) in [4.78, 5) is 24.1. The molecule has 4 N–H and O–H groups in total. The monoisotopic (exact) mass is 342 g/mol. The Morgan fingerprint density at radius 2 is 1.84 bits per heavy atom. The maximum absolute atomic E-state index is 12.3. The Morgan fingerprint density at radius 1 is 1.24 bits per heavy atom. The van der Waals surface area contributed by atoms with Crippen molar-refractivity contribution in [3.63, 3.8) is 0 Å². The minimum Gasteiger partial charge on any atom is -0.467 e. The Hall–Kier alpha value is -2.80. The van der Waals surface area contributed by atoms with Crippen molar-refractivity contribution in [2.24, 2.45) is 5.73 Å². The number of amides is 1. The fraction of sp³-hybridized carbons (Fsp3) is 0.368. The average Bonchev–Trinajstić information content (AvgIpc) is 2.55. The number of hydrogen-bond acceptors (Lipinski definition) is 5. The van der Waals surface area contributed by atoms with Gasteiger partial charge < -0.3 is 20.9 Å².